The molecular formula is C10H14BrN3O. The van der Waals surface area contributed by atoms with Gasteiger partial charge < -0.3 is 15.7 Å². The van der Waals surface area contributed by atoms with E-state index in [2.05, 4.69) is 15.6 Å². The Kier molecular flexibility index (Phi) is 3.96. The van der Waals surface area contributed by atoms with Crippen molar-refractivity contribution in [3.8, 4) is 5.75 Å². The van der Waals surface area contributed by atoms with Crippen molar-refractivity contribution < 1.29 is 5.11 Å². The van der Waals surface area contributed by atoms with Crippen molar-refractivity contribution >= 4 is 28.6 Å². The number of aryl methyl sites for hydroxylation is 1. The first-order valence-corrected chi connectivity index (χ1v) is 4.62. The van der Waals surface area contributed by atoms with Gasteiger partial charge in [0, 0.05) is 19.2 Å². The molecule has 1 aliphatic rings. The minimum Gasteiger partial charge on any atom is -0.508 e. The number of aliphatic imine (C=N–C) groups is 1. The molecule has 0 unspecified atom stereocenters. The van der Waals surface area contributed by atoms with E-state index < -0.39 is 0 Å². The average Bonchev–Trinajstić information content (AvgIpc) is 2.64. The number of guanidine groups is 1. The molecular weight excluding hydrogens is 258 g/mol. The number of halogens is 1. The second-order valence-electron chi connectivity index (χ2n) is 3.28. The van der Waals surface area contributed by atoms with Crippen LogP contribution in [0.3, 0.4) is 0 Å². The third-order valence-corrected chi connectivity index (χ3v) is 2.14. The number of nitrogens with one attached hydrogen (secondary N) is 2. The van der Waals surface area contributed by atoms with Gasteiger partial charge in [0.25, 0.3) is 0 Å². The molecule has 1 saturated heterocycles. The number of phenolic OH excluding ortho intramolecular Hbond substituents is 1. The lowest BCUT2D eigenvalue weighted by Crippen LogP contribution is -2.23. The molecule has 0 aromatic heterocycles. The maximum atomic E-state index is 9.46. The van der Waals surface area contributed by atoms with Crippen molar-refractivity contribution in [1.82, 2.24) is 10.6 Å². The molecule has 15 heavy (non-hydrogen) atoms. The Bertz CT molecular complexity index is 371. The Labute approximate surface area is 99.2 Å². The van der Waals surface area contributed by atoms with Crippen LogP contribution in [0.4, 0.5) is 5.69 Å². The van der Waals surface area contributed by atoms with Crippen molar-refractivity contribution in [3.63, 3.8) is 0 Å². The summed E-state index contributed by atoms with van der Waals surface area (Å²) in [7, 11) is 0. The van der Waals surface area contributed by atoms with Gasteiger partial charge in [0.1, 0.15) is 5.75 Å². The molecule has 0 atom stereocenters. The Hall–Kier alpha value is -1.23. The largest absolute Gasteiger partial charge is 0.508 e. The Morgan fingerprint density at radius 2 is 1.93 bits per heavy atom. The topological polar surface area (TPSA) is 56.7 Å². The van der Waals surface area contributed by atoms with E-state index in [0.29, 0.717) is 0 Å². The van der Waals surface area contributed by atoms with Gasteiger partial charge in [0.05, 0.1) is 5.69 Å². The zero-order valence-electron chi connectivity index (χ0n) is 8.45. The van der Waals surface area contributed by atoms with Gasteiger partial charge >= 0.3 is 0 Å². The second-order valence-corrected chi connectivity index (χ2v) is 3.28. The minimum absolute atomic E-state index is 0. The highest BCUT2D eigenvalue weighted by molar-refractivity contribution is 8.93. The molecule has 0 spiro atoms. The van der Waals surface area contributed by atoms with Gasteiger partial charge in [-0.1, -0.05) is 6.07 Å². The molecule has 0 radical (unpaired) electrons. The summed E-state index contributed by atoms with van der Waals surface area (Å²) in [6.45, 7) is 3.66. The standard InChI is InChI=1S/C10H13N3O.BrH/c1-7-2-3-8(6-9(7)14)13-10-11-4-5-12-10;/h2-3,6,14H,4-5H2,1H3,(H2,11,12,13);1H. The number of hydrogen-bond donors (Lipinski definition) is 3. The lowest BCUT2D eigenvalue weighted by molar-refractivity contribution is 0.471. The summed E-state index contributed by atoms with van der Waals surface area (Å²) in [5, 5.41) is 15.7. The number of aromatic hydroxyl groups is 1. The van der Waals surface area contributed by atoms with Crippen molar-refractivity contribution in [1.29, 1.82) is 0 Å². The van der Waals surface area contributed by atoms with E-state index >= 15 is 0 Å². The summed E-state index contributed by atoms with van der Waals surface area (Å²) >= 11 is 0. The molecule has 1 aliphatic heterocycles. The van der Waals surface area contributed by atoms with Crippen LogP contribution >= 0.6 is 17.0 Å². The molecule has 1 aromatic rings. The van der Waals surface area contributed by atoms with Gasteiger partial charge in [-0.2, -0.15) is 0 Å². The van der Waals surface area contributed by atoms with Crippen molar-refractivity contribution in [2.45, 2.75) is 6.92 Å². The fraction of sp³-hybridized carbons (Fsp3) is 0.300. The normalized spacial score (nSPS) is 13.8. The van der Waals surface area contributed by atoms with Gasteiger partial charge in [-0.05, 0) is 18.6 Å². The maximum Gasteiger partial charge on any atom is 0.196 e. The molecule has 82 valence electrons. The van der Waals surface area contributed by atoms with Gasteiger partial charge in [0.15, 0.2) is 5.96 Å². The van der Waals surface area contributed by atoms with Crippen LogP contribution in [0.15, 0.2) is 23.2 Å². The molecule has 5 heteroatoms. The molecule has 0 bridgehead atoms. The number of benzene rings is 1. The van der Waals surface area contributed by atoms with E-state index in [-0.39, 0.29) is 22.7 Å². The highest BCUT2D eigenvalue weighted by Gasteiger charge is 2.05. The maximum absolute atomic E-state index is 9.46. The molecule has 0 aliphatic carbocycles. The van der Waals surface area contributed by atoms with Crippen molar-refractivity contribution in [2.24, 2.45) is 4.99 Å². The number of hydrogen-bond acceptors (Lipinski definition) is 2. The van der Waals surface area contributed by atoms with E-state index in [4.69, 9.17) is 0 Å². The monoisotopic (exact) mass is 271 g/mol. The van der Waals surface area contributed by atoms with Gasteiger partial charge in [-0.15, -0.1) is 17.0 Å². The van der Waals surface area contributed by atoms with Crippen LogP contribution in [0.25, 0.3) is 0 Å². The van der Waals surface area contributed by atoms with E-state index in [1.54, 1.807) is 6.07 Å². The predicted octanol–water partition coefficient (Wildman–Crippen LogP) is 1.46. The summed E-state index contributed by atoms with van der Waals surface area (Å²) in [6, 6.07) is 5.39. The second kappa shape index (κ2) is 5.02. The first-order valence-electron chi connectivity index (χ1n) is 4.62. The fourth-order valence-electron chi connectivity index (χ4n) is 1.30. The van der Waals surface area contributed by atoms with Gasteiger partial charge in [-0.25, -0.2) is 4.99 Å². The molecule has 0 amide bonds. The van der Waals surface area contributed by atoms with Crippen LogP contribution in [-0.4, -0.2) is 24.2 Å². The van der Waals surface area contributed by atoms with Crippen LogP contribution in [0.2, 0.25) is 0 Å². The quantitative estimate of drug-likeness (QED) is 0.725. The van der Waals surface area contributed by atoms with E-state index in [1.165, 1.54) is 0 Å². The predicted molar refractivity (Wildman–Crippen MR) is 66.3 cm³/mol. The Balaban J connectivity index is 0.00000112. The molecule has 4 nitrogen and oxygen atoms in total. The van der Waals surface area contributed by atoms with E-state index in [9.17, 15) is 5.11 Å². The summed E-state index contributed by atoms with van der Waals surface area (Å²) in [4.78, 5) is 4.29. The van der Waals surface area contributed by atoms with Crippen molar-refractivity contribution in [2.75, 3.05) is 13.1 Å². The van der Waals surface area contributed by atoms with Crippen LogP contribution in [-0.2, 0) is 0 Å². The molecule has 3 N–H and O–H groups in total. The zero-order valence-corrected chi connectivity index (χ0v) is 10.2. The summed E-state index contributed by atoms with van der Waals surface area (Å²) in [6.07, 6.45) is 0. The van der Waals surface area contributed by atoms with Crippen molar-refractivity contribution in [3.05, 3.63) is 23.8 Å². The minimum atomic E-state index is 0. The third-order valence-electron chi connectivity index (χ3n) is 2.14. The van der Waals surface area contributed by atoms with Crippen LogP contribution in [0.1, 0.15) is 5.56 Å². The molecule has 2 rings (SSSR count). The number of phenols is 1. The molecule has 0 saturated carbocycles. The zero-order chi connectivity index (χ0) is 9.97. The van der Waals surface area contributed by atoms with Gasteiger partial charge in [-0.3, -0.25) is 0 Å². The summed E-state index contributed by atoms with van der Waals surface area (Å²) in [5.41, 5.74) is 1.62. The first kappa shape index (κ1) is 11.8. The Morgan fingerprint density at radius 1 is 1.27 bits per heavy atom. The van der Waals surface area contributed by atoms with E-state index in [1.807, 2.05) is 19.1 Å². The van der Waals surface area contributed by atoms with E-state index in [0.717, 1.165) is 30.3 Å². The fourth-order valence-corrected chi connectivity index (χ4v) is 1.30. The summed E-state index contributed by atoms with van der Waals surface area (Å²) < 4.78 is 0. The molecule has 1 fully saturated rings. The highest BCUT2D eigenvalue weighted by atomic mass is 79.9. The number of nitrogens with zero attached hydrogens (tertiary/aromatic N) is 1. The highest BCUT2D eigenvalue weighted by Crippen LogP contribution is 2.22. The van der Waals surface area contributed by atoms with Crippen LogP contribution < -0.4 is 10.6 Å². The van der Waals surface area contributed by atoms with Crippen LogP contribution in [0, 0.1) is 6.92 Å². The smallest absolute Gasteiger partial charge is 0.196 e. The molecule has 1 aromatic carbocycles. The Morgan fingerprint density at radius 3 is 2.53 bits per heavy atom. The lowest BCUT2D eigenvalue weighted by Gasteiger charge is -2.01. The third kappa shape index (κ3) is 2.86. The first-order chi connectivity index (χ1) is 6.75. The van der Waals surface area contributed by atoms with Crippen LogP contribution in [0.5, 0.6) is 5.75 Å². The SMILES string of the molecule is Br.Cc1ccc(N=C2NCCN2)cc1O. The molecule has 1 heterocycles. The van der Waals surface area contributed by atoms with Gasteiger partial charge in [0.2, 0.25) is 0 Å². The summed E-state index contributed by atoms with van der Waals surface area (Å²) in [5.74, 6) is 1.05. The average molecular weight is 272 g/mol. The number of rotatable bonds is 1. The lowest BCUT2D eigenvalue weighted by atomic mass is 10.2.